The first-order valence-corrected chi connectivity index (χ1v) is 12.3. The Bertz CT molecular complexity index is 733. The zero-order valence-corrected chi connectivity index (χ0v) is 17.4. The minimum absolute atomic E-state index is 0.0310. The molecule has 1 aliphatic carbocycles. The van der Waals surface area contributed by atoms with Gasteiger partial charge in [-0.1, -0.05) is 57.4 Å². The Balaban J connectivity index is 1.62. The van der Waals surface area contributed by atoms with Crippen molar-refractivity contribution in [2.75, 3.05) is 11.5 Å². The number of benzene rings is 1. The summed E-state index contributed by atoms with van der Waals surface area (Å²) in [6.45, 7) is 4.22. The lowest BCUT2D eigenvalue weighted by atomic mass is 9.83. The maximum Gasteiger partial charge on any atom is 0.220 e. The second kappa shape index (κ2) is 8.76. The molecule has 2 aliphatic rings. The summed E-state index contributed by atoms with van der Waals surface area (Å²) in [5.41, 5.74) is 2.56. The minimum atomic E-state index is -2.93. The fourth-order valence-electron chi connectivity index (χ4n) is 4.57. The third kappa shape index (κ3) is 5.56. The molecule has 0 radical (unpaired) electrons. The van der Waals surface area contributed by atoms with Gasteiger partial charge in [-0.25, -0.2) is 8.42 Å². The molecule has 1 aliphatic heterocycles. The van der Waals surface area contributed by atoms with Gasteiger partial charge in [0.2, 0.25) is 5.91 Å². The van der Waals surface area contributed by atoms with Gasteiger partial charge in [-0.3, -0.25) is 4.79 Å². The summed E-state index contributed by atoms with van der Waals surface area (Å²) in [5.74, 6) is 1.28. The van der Waals surface area contributed by atoms with Crippen LogP contribution in [0.4, 0.5) is 0 Å². The molecule has 1 amide bonds. The average Bonchev–Trinajstić information content (AvgIpc) is 2.98. The smallest absolute Gasteiger partial charge is 0.220 e. The van der Waals surface area contributed by atoms with Crippen molar-refractivity contribution in [3.8, 4) is 0 Å². The van der Waals surface area contributed by atoms with Crippen molar-refractivity contribution in [1.29, 1.82) is 0 Å². The van der Waals surface area contributed by atoms with Crippen molar-refractivity contribution >= 4 is 15.7 Å². The van der Waals surface area contributed by atoms with Gasteiger partial charge in [0.15, 0.2) is 9.84 Å². The maximum atomic E-state index is 12.5. The first-order chi connectivity index (χ1) is 12.8. The van der Waals surface area contributed by atoms with Crippen molar-refractivity contribution in [2.24, 2.45) is 11.8 Å². The number of carbonyl (C=O) groups is 1. The Morgan fingerprint density at radius 1 is 1.07 bits per heavy atom. The molecule has 0 bridgehead atoms. The number of carbonyl (C=O) groups excluding carboxylic acids is 1. The summed E-state index contributed by atoms with van der Waals surface area (Å²) in [6, 6.07) is 8.76. The lowest BCUT2D eigenvalue weighted by molar-refractivity contribution is -0.122. The number of hydrogen-bond donors (Lipinski definition) is 1. The van der Waals surface area contributed by atoms with Crippen molar-refractivity contribution in [2.45, 2.75) is 70.8 Å². The molecule has 2 atom stereocenters. The first kappa shape index (κ1) is 20.4. The van der Waals surface area contributed by atoms with Crippen LogP contribution in [0, 0.1) is 11.8 Å². The van der Waals surface area contributed by atoms with Crippen LogP contribution in [0.2, 0.25) is 0 Å². The summed E-state index contributed by atoms with van der Waals surface area (Å²) in [7, 11) is -2.93. The van der Waals surface area contributed by atoms with Crippen LogP contribution in [0.3, 0.4) is 0 Å². The predicted octanol–water partition coefficient (Wildman–Crippen LogP) is 4.37. The molecule has 1 saturated carbocycles. The van der Waals surface area contributed by atoms with E-state index >= 15 is 0 Å². The van der Waals surface area contributed by atoms with Crippen LogP contribution in [0.1, 0.15) is 81.9 Å². The highest BCUT2D eigenvalue weighted by Gasteiger charge is 2.30. The van der Waals surface area contributed by atoms with Crippen LogP contribution in [0.25, 0.3) is 0 Å². The third-order valence-corrected chi connectivity index (χ3v) is 7.99. The van der Waals surface area contributed by atoms with Gasteiger partial charge in [-0.05, 0) is 48.1 Å². The number of rotatable bonds is 6. The Labute approximate surface area is 164 Å². The summed E-state index contributed by atoms with van der Waals surface area (Å²) >= 11 is 0. The monoisotopic (exact) mass is 391 g/mol. The highest BCUT2D eigenvalue weighted by molar-refractivity contribution is 7.91. The standard InChI is InChI=1S/C22H33NO3S/c1-16(2)22(23-21(24)14-17-12-13-27(25,26)15-17)20-10-8-19(9-11-20)18-6-4-3-5-7-18/h8-11,16-18,22H,3-7,12-15H2,1-2H3,(H,23,24). The molecule has 2 fully saturated rings. The maximum absolute atomic E-state index is 12.5. The molecule has 1 N–H and O–H groups in total. The van der Waals surface area contributed by atoms with E-state index in [0.29, 0.717) is 18.8 Å². The quantitative estimate of drug-likeness (QED) is 0.783. The fourth-order valence-corrected chi connectivity index (χ4v) is 6.44. The molecule has 1 aromatic rings. The summed E-state index contributed by atoms with van der Waals surface area (Å²) in [4.78, 5) is 12.5. The molecule has 27 heavy (non-hydrogen) atoms. The van der Waals surface area contributed by atoms with E-state index in [1.807, 2.05) is 0 Å². The van der Waals surface area contributed by atoms with Gasteiger partial charge < -0.3 is 5.32 Å². The average molecular weight is 392 g/mol. The second-order valence-corrected chi connectivity index (χ2v) is 11.0. The van der Waals surface area contributed by atoms with Gasteiger partial charge in [-0.2, -0.15) is 0 Å². The van der Waals surface area contributed by atoms with Crippen LogP contribution < -0.4 is 5.32 Å². The van der Waals surface area contributed by atoms with Crippen LogP contribution in [0.5, 0.6) is 0 Å². The van der Waals surface area contributed by atoms with Gasteiger partial charge in [0, 0.05) is 6.42 Å². The van der Waals surface area contributed by atoms with Crippen LogP contribution in [0.15, 0.2) is 24.3 Å². The molecule has 1 heterocycles. The number of sulfone groups is 1. The largest absolute Gasteiger partial charge is 0.349 e. The van der Waals surface area contributed by atoms with Gasteiger partial charge in [0.1, 0.15) is 0 Å². The van der Waals surface area contributed by atoms with E-state index in [-0.39, 0.29) is 35.3 Å². The molecule has 150 valence electrons. The summed E-state index contributed by atoms with van der Waals surface area (Å²) in [6.07, 6.45) is 7.50. The molecule has 2 unspecified atom stereocenters. The molecule has 5 heteroatoms. The normalized spacial score (nSPS) is 24.0. The van der Waals surface area contributed by atoms with Gasteiger partial charge in [0.25, 0.3) is 0 Å². The minimum Gasteiger partial charge on any atom is -0.349 e. The second-order valence-electron chi connectivity index (χ2n) is 8.76. The number of amides is 1. The van der Waals surface area contributed by atoms with E-state index in [2.05, 4.69) is 43.4 Å². The van der Waals surface area contributed by atoms with E-state index in [1.54, 1.807) is 0 Å². The van der Waals surface area contributed by atoms with Gasteiger partial charge in [-0.15, -0.1) is 0 Å². The lowest BCUT2D eigenvalue weighted by Gasteiger charge is -2.25. The Morgan fingerprint density at radius 3 is 2.30 bits per heavy atom. The van der Waals surface area contributed by atoms with Crippen molar-refractivity contribution < 1.29 is 13.2 Å². The van der Waals surface area contributed by atoms with Crippen LogP contribution in [-0.4, -0.2) is 25.8 Å². The Kier molecular flexibility index (Phi) is 6.61. The Morgan fingerprint density at radius 2 is 1.74 bits per heavy atom. The highest BCUT2D eigenvalue weighted by atomic mass is 32.2. The van der Waals surface area contributed by atoms with E-state index in [0.717, 1.165) is 5.56 Å². The molecular formula is C22H33NO3S. The zero-order chi connectivity index (χ0) is 19.4. The van der Waals surface area contributed by atoms with Crippen molar-refractivity contribution in [1.82, 2.24) is 5.32 Å². The molecule has 1 aromatic carbocycles. The topological polar surface area (TPSA) is 63.2 Å². The van der Waals surface area contributed by atoms with Crippen LogP contribution in [-0.2, 0) is 14.6 Å². The van der Waals surface area contributed by atoms with E-state index in [4.69, 9.17) is 0 Å². The first-order valence-electron chi connectivity index (χ1n) is 10.4. The van der Waals surface area contributed by atoms with Crippen molar-refractivity contribution in [3.05, 3.63) is 35.4 Å². The SMILES string of the molecule is CC(C)C(NC(=O)CC1CCS(=O)(=O)C1)c1ccc(C2CCCCC2)cc1. The van der Waals surface area contributed by atoms with Gasteiger partial charge in [0.05, 0.1) is 17.5 Å². The molecule has 1 saturated heterocycles. The lowest BCUT2D eigenvalue weighted by Crippen LogP contribution is -2.33. The predicted molar refractivity (Wildman–Crippen MR) is 109 cm³/mol. The summed E-state index contributed by atoms with van der Waals surface area (Å²) < 4.78 is 23.2. The van der Waals surface area contributed by atoms with Crippen LogP contribution >= 0.6 is 0 Å². The van der Waals surface area contributed by atoms with Crippen molar-refractivity contribution in [3.63, 3.8) is 0 Å². The van der Waals surface area contributed by atoms with E-state index in [1.165, 1.54) is 37.7 Å². The zero-order valence-electron chi connectivity index (χ0n) is 16.6. The highest BCUT2D eigenvalue weighted by Crippen LogP contribution is 2.33. The molecule has 0 spiro atoms. The third-order valence-electron chi connectivity index (χ3n) is 6.16. The van der Waals surface area contributed by atoms with Gasteiger partial charge >= 0.3 is 0 Å². The number of hydrogen-bond acceptors (Lipinski definition) is 3. The van der Waals surface area contributed by atoms with E-state index in [9.17, 15) is 13.2 Å². The molecule has 0 aromatic heterocycles. The fraction of sp³-hybridized carbons (Fsp3) is 0.682. The Hall–Kier alpha value is -1.36. The molecule has 4 nitrogen and oxygen atoms in total. The summed E-state index contributed by atoms with van der Waals surface area (Å²) in [5, 5.41) is 3.15. The van der Waals surface area contributed by atoms with E-state index < -0.39 is 9.84 Å². The number of nitrogens with one attached hydrogen (secondary N) is 1. The molecular weight excluding hydrogens is 358 g/mol. The molecule has 3 rings (SSSR count).